The van der Waals surface area contributed by atoms with Crippen molar-refractivity contribution in [3.8, 4) is 0 Å². The summed E-state index contributed by atoms with van der Waals surface area (Å²) < 4.78 is 43.4. The number of carbonyl (C=O) groups is 1. The second-order valence-electron chi connectivity index (χ2n) is 21.5. The third-order valence-electron chi connectivity index (χ3n) is 15.0. The normalized spacial score (nSPS) is 28.9. The van der Waals surface area contributed by atoms with Gasteiger partial charge in [-0.3, -0.25) is 4.79 Å². The minimum atomic E-state index is -0.842. The number of allylic oxidation sites excluding steroid dienone is 1. The van der Waals surface area contributed by atoms with Gasteiger partial charge in [-0.05, 0) is 85.1 Å². The Bertz CT molecular complexity index is 1900. The highest BCUT2D eigenvalue weighted by molar-refractivity contribution is 5.78. The predicted octanol–water partition coefficient (Wildman–Crippen LogP) is 10.8. The third-order valence-corrected chi connectivity index (χ3v) is 15.0. The number of hydrogen-bond donors (Lipinski definition) is 5. The fourth-order valence-electron chi connectivity index (χ4n) is 9.18. The van der Waals surface area contributed by atoms with Gasteiger partial charge in [-0.1, -0.05) is 159 Å². The Morgan fingerprint density at radius 3 is 1.41 bits per heavy atom. The summed E-state index contributed by atoms with van der Waals surface area (Å²) in [5.74, 6) is 2.72. The molecule has 5 aliphatic rings. The molecule has 3 aromatic carbocycles. The van der Waals surface area contributed by atoms with E-state index in [4.69, 9.17) is 48.1 Å². The lowest BCUT2D eigenvalue weighted by molar-refractivity contribution is -0.224. The minimum Gasteiger partial charge on any atom is -0.496 e. The van der Waals surface area contributed by atoms with E-state index in [9.17, 15) is 20.1 Å². The van der Waals surface area contributed by atoms with Crippen molar-refractivity contribution in [2.24, 2.45) is 41.4 Å². The average Bonchev–Trinajstić information content (AvgIpc) is 4.04. The topological polar surface area (TPSA) is 192 Å². The van der Waals surface area contributed by atoms with Gasteiger partial charge in [0.05, 0.1) is 77.1 Å². The van der Waals surface area contributed by atoms with Crippen LogP contribution >= 0.6 is 0 Å². The zero-order valence-electron chi connectivity index (χ0n) is 48.6. The molecule has 0 saturated carbocycles. The molecule has 3 fully saturated rings. The molecule has 14 nitrogen and oxygen atoms in total. The lowest BCUT2D eigenvalue weighted by Gasteiger charge is -2.36. The molecule has 3 saturated heterocycles. The van der Waals surface area contributed by atoms with Crippen LogP contribution < -0.4 is 0 Å². The van der Waals surface area contributed by atoms with E-state index in [1.54, 1.807) is 25.5 Å². The number of benzene rings is 3. The fourth-order valence-corrected chi connectivity index (χ4v) is 9.18. The molecule has 14 atom stereocenters. The maximum Gasteiger partial charge on any atom is 0.155 e. The van der Waals surface area contributed by atoms with Crippen LogP contribution in [0.4, 0.5) is 0 Å². The van der Waals surface area contributed by atoms with Gasteiger partial charge in [0.25, 0.3) is 0 Å². The Hall–Kier alpha value is -4.03. The molecule has 0 amide bonds. The molecular weight excluding hydrogens is 993 g/mol. The highest BCUT2D eigenvalue weighted by Gasteiger charge is 2.34. The molecule has 3 aromatic rings. The molecule has 8 rings (SSSR count). The van der Waals surface area contributed by atoms with E-state index >= 15 is 0 Å². The largest absolute Gasteiger partial charge is 0.496 e. The first kappa shape index (κ1) is 68.2. The maximum atomic E-state index is 10.9. The number of ketones is 1. The summed E-state index contributed by atoms with van der Waals surface area (Å²) in [6.07, 6.45) is 12.1. The van der Waals surface area contributed by atoms with E-state index in [0.717, 1.165) is 56.4 Å². The average molecular weight is 1090 g/mol. The smallest absolute Gasteiger partial charge is 0.155 e. The monoisotopic (exact) mass is 1090 g/mol. The van der Waals surface area contributed by atoms with Gasteiger partial charge in [0.1, 0.15) is 24.1 Å². The van der Waals surface area contributed by atoms with Gasteiger partial charge >= 0.3 is 0 Å². The molecule has 0 radical (unpaired) electrons. The Labute approximate surface area is 468 Å². The van der Waals surface area contributed by atoms with E-state index in [1.807, 2.05) is 92.7 Å². The molecule has 5 N–H and O–H groups in total. The number of carbonyl (C=O) groups excluding carboxylic acids is 1. The molecule has 14 heteroatoms. The fraction of sp³-hybridized carbons (Fsp3) is 0.641. The summed E-state index contributed by atoms with van der Waals surface area (Å²) in [7, 11) is 0. The summed E-state index contributed by atoms with van der Waals surface area (Å²) in [5, 5.41) is 46.4. The zero-order valence-corrected chi connectivity index (χ0v) is 48.6. The molecule has 440 valence electrons. The van der Waals surface area contributed by atoms with E-state index in [-0.39, 0.29) is 36.8 Å². The predicted molar refractivity (Wildman–Crippen MR) is 305 cm³/mol. The molecule has 0 bridgehead atoms. The lowest BCUT2D eigenvalue weighted by atomic mass is 9.86. The first-order valence-corrected chi connectivity index (χ1v) is 28.8. The van der Waals surface area contributed by atoms with Crippen LogP contribution in [0.1, 0.15) is 130 Å². The Morgan fingerprint density at radius 1 is 0.564 bits per heavy atom. The number of hydrogen-bond acceptors (Lipinski definition) is 14. The first-order valence-electron chi connectivity index (χ1n) is 28.8. The summed E-state index contributed by atoms with van der Waals surface area (Å²) in [6.45, 7) is 23.8. The van der Waals surface area contributed by atoms with Crippen molar-refractivity contribution >= 4 is 5.78 Å². The Kier molecular flexibility index (Phi) is 35.2. The summed E-state index contributed by atoms with van der Waals surface area (Å²) in [6, 6.07) is 30.3. The van der Waals surface area contributed by atoms with Crippen molar-refractivity contribution in [2.75, 3.05) is 39.6 Å². The van der Waals surface area contributed by atoms with Crippen LogP contribution in [0, 0.1) is 41.4 Å². The highest BCUT2D eigenvalue weighted by Crippen LogP contribution is 2.30. The molecule has 14 unspecified atom stereocenters. The van der Waals surface area contributed by atoms with Gasteiger partial charge in [-0.15, -0.1) is 0 Å². The van der Waals surface area contributed by atoms with E-state index in [1.165, 1.54) is 18.4 Å². The van der Waals surface area contributed by atoms with Crippen LogP contribution in [-0.2, 0) is 62.5 Å². The van der Waals surface area contributed by atoms with Crippen molar-refractivity contribution in [3.05, 3.63) is 132 Å². The van der Waals surface area contributed by atoms with E-state index in [0.29, 0.717) is 81.4 Å². The molecule has 0 aromatic heterocycles. The second-order valence-corrected chi connectivity index (χ2v) is 21.5. The SMILES string of the molecule is C1CCOC1.CC1C(O)C=COC1COCc1ccccc1.CC1C=COC(COCc2ccccc2)C1C.CC1CC(O)OC(CO)C1O.CC1CC(O)OC(COCc2ccccc2)C1C.CCCC(CCC)C(C)=O. The molecule has 5 heterocycles. The van der Waals surface area contributed by atoms with Crippen LogP contribution in [-0.4, -0.2) is 120 Å². The Balaban J connectivity index is 0.000000254. The van der Waals surface area contributed by atoms with Crippen molar-refractivity contribution in [2.45, 2.75) is 183 Å². The van der Waals surface area contributed by atoms with Crippen molar-refractivity contribution in [1.29, 1.82) is 0 Å². The summed E-state index contributed by atoms with van der Waals surface area (Å²) in [4.78, 5) is 10.9. The molecule has 78 heavy (non-hydrogen) atoms. The van der Waals surface area contributed by atoms with Gasteiger partial charge in [-0.2, -0.15) is 0 Å². The number of aliphatic hydroxyl groups excluding tert-OH is 5. The van der Waals surface area contributed by atoms with E-state index in [2.05, 4.69) is 59.8 Å². The number of Topliss-reactive ketones (excluding diaryl/α,β-unsaturated/α-hetero) is 1. The molecule has 5 aliphatic heterocycles. The molecule has 0 aliphatic carbocycles. The van der Waals surface area contributed by atoms with Crippen LogP contribution in [0.3, 0.4) is 0 Å². The molecule has 0 spiro atoms. The maximum absolute atomic E-state index is 10.9. The van der Waals surface area contributed by atoms with Gasteiger partial charge < -0.3 is 63.4 Å². The van der Waals surface area contributed by atoms with E-state index < -0.39 is 30.9 Å². The van der Waals surface area contributed by atoms with Crippen LogP contribution in [0.5, 0.6) is 0 Å². The van der Waals surface area contributed by atoms with Crippen molar-refractivity contribution < 1.29 is 68.2 Å². The summed E-state index contributed by atoms with van der Waals surface area (Å²) in [5.41, 5.74) is 3.51. The van der Waals surface area contributed by atoms with Gasteiger partial charge in [0, 0.05) is 43.8 Å². The van der Waals surface area contributed by atoms with Crippen molar-refractivity contribution in [3.63, 3.8) is 0 Å². The van der Waals surface area contributed by atoms with Crippen LogP contribution in [0.2, 0.25) is 0 Å². The van der Waals surface area contributed by atoms with Crippen LogP contribution in [0.25, 0.3) is 0 Å². The van der Waals surface area contributed by atoms with Gasteiger partial charge in [-0.25, -0.2) is 0 Å². The first-order chi connectivity index (χ1) is 37.6. The number of ether oxygens (including phenoxy) is 8. The van der Waals surface area contributed by atoms with Gasteiger partial charge in [0.2, 0.25) is 0 Å². The number of rotatable bonds is 18. The van der Waals surface area contributed by atoms with Crippen molar-refractivity contribution in [1.82, 2.24) is 0 Å². The Morgan fingerprint density at radius 2 is 0.987 bits per heavy atom. The quantitative estimate of drug-likeness (QED) is 0.0808. The second kappa shape index (κ2) is 40.2. The minimum absolute atomic E-state index is 0.00698. The summed E-state index contributed by atoms with van der Waals surface area (Å²) >= 11 is 0. The lowest BCUT2D eigenvalue weighted by Crippen LogP contribution is -2.45. The number of aliphatic hydroxyl groups is 5. The standard InChI is InChI=1S/C15H22O3.C15H20O2.C14H18O3.C9H18O.C7H14O4.C4H8O/c1-11-8-15(16)18-14(12(11)2)10-17-9-13-6-4-3-5-7-13;1-12-8-9-17-15(13(12)2)11-16-10-14-6-4-3-5-7-14;1-11-13(15)7-8-17-14(11)10-16-9-12-5-3-2-4-6-12;1-4-6-9(7-5-2)8(3)10;1-4-2-6(9)11-5(3-8)7(4)10;1-2-4-5-3-1/h3-7,11-12,14-16H,8-10H2,1-2H3;3-9,12-13,15H,10-11H2,1-2H3;2-8,11,13-15H,9-10H2,1H3;9H,4-7H2,1-3H3;4-10H,2-3H2,1H3;1-4H2. The molecular formula is C64H100O14. The highest BCUT2D eigenvalue weighted by atomic mass is 16.6. The zero-order chi connectivity index (χ0) is 57.1. The van der Waals surface area contributed by atoms with Gasteiger partial charge in [0.15, 0.2) is 12.6 Å². The van der Waals surface area contributed by atoms with Crippen LogP contribution in [0.15, 0.2) is 116 Å². The third kappa shape index (κ3) is 27.4.